The van der Waals surface area contributed by atoms with Crippen LogP contribution in [0.1, 0.15) is 45.9 Å². The molecule has 0 aliphatic carbocycles. The highest BCUT2D eigenvalue weighted by Gasteiger charge is 2.37. The van der Waals surface area contributed by atoms with Crippen LogP contribution in [-0.2, 0) is 17.6 Å². The minimum atomic E-state index is -0.677. The molecule has 0 bridgehead atoms. The fraction of sp³-hybridized carbons (Fsp3) is 0.182. The summed E-state index contributed by atoms with van der Waals surface area (Å²) in [6.45, 7) is 2.56. The Morgan fingerprint density at radius 1 is 0.440 bits per heavy atom. The molecular formula is C44H44NO5+. The lowest BCUT2D eigenvalue weighted by Crippen LogP contribution is -2.71. The van der Waals surface area contributed by atoms with Crippen LogP contribution in [0, 0.1) is 0 Å². The van der Waals surface area contributed by atoms with Crippen LogP contribution < -0.4 is 29.4 Å². The van der Waals surface area contributed by atoms with Gasteiger partial charge < -0.3 is 29.4 Å². The van der Waals surface area contributed by atoms with Gasteiger partial charge in [-0.15, -0.1) is 0 Å². The third kappa shape index (κ3) is 6.63. The van der Waals surface area contributed by atoms with E-state index in [1.54, 1.807) is 28.4 Å². The lowest BCUT2D eigenvalue weighted by molar-refractivity contribution is -0.455. The van der Waals surface area contributed by atoms with Crippen molar-refractivity contribution in [3.63, 3.8) is 0 Å². The summed E-state index contributed by atoms with van der Waals surface area (Å²) in [6, 6.07) is 49.5. The van der Waals surface area contributed by atoms with Gasteiger partial charge in [0, 0.05) is 27.7 Å². The standard InChI is InChI=1S/C44H43NO5/c1-43(32-11-20-38(46-2)21-12-32,33-13-22-39(47-3)23-14-33)34-15-26-41(27-16-34)50-30-31-29-37(19-28-42(31)49-5)44(45,35-9-7-6-8-10-35)36-17-24-40(48-4)25-18-36/h6-29H,30,45H2,1-5H3/p+1. The van der Waals surface area contributed by atoms with Crippen molar-refractivity contribution in [3.8, 4) is 28.7 Å². The van der Waals surface area contributed by atoms with Gasteiger partial charge in [-0.3, -0.25) is 0 Å². The van der Waals surface area contributed by atoms with Crippen LogP contribution in [0.3, 0.4) is 0 Å². The normalized spacial score (nSPS) is 12.4. The van der Waals surface area contributed by atoms with Gasteiger partial charge in [0.1, 0.15) is 35.4 Å². The fourth-order valence-electron chi connectivity index (χ4n) is 6.65. The molecule has 0 aromatic heterocycles. The van der Waals surface area contributed by atoms with Gasteiger partial charge in [0.05, 0.1) is 28.4 Å². The highest BCUT2D eigenvalue weighted by atomic mass is 16.5. The van der Waals surface area contributed by atoms with E-state index < -0.39 is 11.0 Å². The van der Waals surface area contributed by atoms with Gasteiger partial charge in [-0.25, -0.2) is 0 Å². The second kappa shape index (κ2) is 14.8. The van der Waals surface area contributed by atoms with E-state index in [0.717, 1.165) is 67.7 Å². The van der Waals surface area contributed by atoms with Crippen LogP contribution in [-0.4, -0.2) is 28.4 Å². The van der Waals surface area contributed by atoms with E-state index in [4.69, 9.17) is 29.4 Å². The Labute approximate surface area is 295 Å². The first-order valence-corrected chi connectivity index (χ1v) is 16.6. The molecule has 6 heteroatoms. The summed E-state index contributed by atoms with van der Waals surface area (Å²) in [5.74, 6) is 3.94. The molecule has 0 heterocycles. The van der Waals surface area contributed by atoms with E-state index in [1.807, 2.05) is 72.8 Å². The molecule has 6 rings (SSSR count). The molecule has 3 N–H and O–H groups in total. The smallest absolute Gasteiger partial charge is 0.172 e. The topological polar surface area (TPSA) is 73.8 Å². The molecule has 0 aliphatic rings. The number of ether oxygens (including phenoxy) is 5. The van der Waals surface area contributed by atoms with Crippen LogP contribution >= 0.6 is 0 Å². The van der Waals surface area contributed by atoms with Crippen molar-refractivity contribution >= 4 is 0 Å². The average Bonchev–Trinajstić information content (AvgIpc) is 3.20. The predicted octanol–water partition coefficient (Wildman–Crippen LogP) is 8.19. The Kier molecular flexibility index (Phi) is 10.1. The number of methoxy groups -OCH3 is 4. The molecule has 50 heavy (non-hydrogen) atoms. The van der Waals surface area contributed by atoms with Crippen molar-refractivity contribution in [1.29, 1.82) is 0 Å². The van der Waals surface area contributed by atoms with Crippen molar-refractivity contribution in [3.05, 3.63) is 185 Å². The Balaban J connectivity index is 1.31. The van der Waals surface area contributed by atoms with Crippen LogP contribution in [0.15, 0.2) is 146 Å². The van der Waals surface area contributed by atoms with Crippen molar-refractivity contribution in [2.45, 2.75) is 24.5 Å². The summed E-state index contributed by atoms with van der Waals surface area (Å²) in [5.41, 5.74) is 11.2. The number of hydrogen-bond donors (Lipinski definition) is 1. The SMILES string of the molecule is COc1ccc(C(C)(c2ccc(OC)cc2)c2ccc(OCc3cc(C([NH3+])(c4ccccc4)c4ccc(OC)cc4)ccc3OC)cc2)cc1. The van der Waals surface area contributed by atoms with E-state index in [0.29, 0.717) is 6.61 Å². The minimum Gasteiger partial charge on any atom is -0.497 e. The summed E-state index contributed by atoms with van der Waals surface area (Å²) in [6.07, 6.45) is 0. The van der Waals surface area contributed by atoms with Crippen molar-refractivity contribution < 1.29 is 29.4 Å². The molecule has 6 nitrogen and oxygen atoms in total. The summed E-state index contributed by atoms with van der Waals surface area (Å²) in [7, 11) is 6.72. The molecule has 6 aromatic carbocycles. The first-order chi connectivity index (χ1) is 24.3. The summed E-state index contributed by atoms with van der Waals surface area (Å²) < 4.78 is 28.6. The predicted molar refractivity (Wildman–Crippen MR) is 198 cm³/mol. The summed E-state index contributed by atoms with van der Waals surface area (Å²) >= 11 is 0. The van der Waals surface area contributed by atoms with Gasteiger partial charge in [0.25, 0.3) is 0 Å². The van der Waals surface area contributed by atoms with Gasteiger partial charge in [-0.1, -0.05) is 66.7 Å². The summed E-state index contributed by atoms with van der Waals surface area (Å²) in [4.78, 5) is 0. The zero-order chi connectivity index (χ0) is 35.1. The Morgan fingerprint density at radius 2 is 0.840 bits per heavy atom. The molecule has 1 atom stereocenters. The third-order valence-electron chi connectivity index (χ3n) is 9.78. The van der Waals surface area contributed by atoms with Gasteiger partial charge in [-0.2, -0.15) is 0 Å². The molecule has 0 amide bonds. The molecule has 6 aromatic rings. The van der Waals surface area contributed by atoms with E-state index in [9.17, 15) is 0 Å². The van der Waals surface area contributed by atoms with Gasteiger partial charge >= 0.3 is 0 Å². The molecule has 0 fully saturated rings. The molecule has 0 saturated carbocycles. The van der Waals surface area contributed by atoms with Crippen LogP contribution in [0.4, 0.5) is 0 Å². The molecule has 1 unspecified atom stereocenters. The Bertz CT molecular complexity index is 1940. The van der Waals surface area contributed by atoms with Crippen LogP contribution in [0.5, 0.6) is 28.7 Å². The maximum atomic E-state index is 6.43. The lowest BCUT2D eigenvalue weighted by Gasteiger charge is -2.32. The highest BCUT2D eigenvalue weighted by Crippen LogP contribution is 2.41. The number of quaternary nitrogens is 1. The molecule has 0 aliphatic heterocycles. The first kappa shape index (κ1) is 34.2. The van der Waals surface area contributed by atoms with Gasteiger partial charge in [0.15, 0.2) is 5.54 Å². The maximum absolute atomic E-state index is 6.43. The third-order valence-corrected chi connectivity index (χ3v) is 9.78. The molecule has 254 valence electrons. The first-order valence-electron chi connectivity index (χ1n) is 16.6. The number of benzene rings is 6. The fourth-order valence-corrected chi connectivity index (χ4v) is 6.65. The molecular weight excluding hydrogens is 622 g/mol. The highest BCUT2D eigenvalue weighted by molar-refractivity contribution is 5.53. The van der Waals surface area contributed by atoms with Crippen LogP contribution in [0.25, 0.3) is 0 Å². The second-order valence-corrected chi connectivity index (χ2v) is 12.4. The Hall–Kier alpha value is -5.72. The lowest BCUT2D eigenvalue weighted by atomic mass is 9.71. The van der Waals surface area contributed by atoms with Gasteiger partial charge in [0.2, 0.25) is 0 Å². The zero-order valence-corrected chi connectivity index (χ0v) is 29.3. The van der Waals surface area contributed by atoms with E-state index in [1.165, 1.54) is 0 Å². The zero-order valence-electron chi connectivity index (χ0n) is 29.3. The van der Waals surface area contributed by atoms with E-state index in [2.05, 4.69) is 79.7 Å². The monoisotopic (exact) mass is 666 g/mol. The number of rotatable bonds is 13. The summed E-state index contributed by atoms with van der Waals surface area (Å²) in [5, 5.41) is 0. The molecule has 0 radical (unpaired) electrons. The van der Waals surface area contributed by atoms with Crippen molar-refractivity contribution in [1.82, 2.24) is 0 Å². The maximum Gasteiger partial charge on any atom is 0.172 e. The quantitative estimate of drug-likeness (QED) is 0.126. The average molecular weight is 667 g/mol. The molecule has 0 spiro atoms. The molecule has 0 saturated heterocycles. The largest absolute Gasteiger partial charge is 0.497 e. The van der Waals surface area contributed by atoms with Crippen LogP contribution in [0.2, 0.25) is 0 Å². The second-order valence-electron chi connectivity index (χ2n) is 12.4. The van der Waals surface area contributed by atoms with Crippen molar-refractivity contribution in [2.75, 3.05) is 28.4 Å². The van der Waals surface area contributed by atoms with Gasteiger partial charge in [-0.05, 0) is 102 Å². The van der Waals surface area contributed by atoms with E-state index in [-0.39, 0.29) is 0 Å². The number of hydrogen-bond acceptors (Lipinski definition) is 5. The minimum absolute atomic E-state index is 0.318. The Morgan fingerprint density at radius 3 is 1.28 bits per heavy atom. The van der Waals surface area contributed by atoms with E-state index >= 15 is 0 Å². The van der Waals surface area contributed by atoms with Crippen molar-refractivity contribution in [2.24, 2.45) is 0 Å².